The van der Waals surface area contributed by atoms with Crippen LogP contribution in [0.25, 0.3) is 0 Å². The van der Waals surface area contributed by atoms with Crippen molar-refractivity contribution >= 4 is 23.1 Å². The van der Waals surface area contributed by atoms with Crippen molar-refractivity contribution in [3.63, 3.8) is 0 Å². The molecule has 1 atom stereocenters. The van der Waals surface area contributed by atoms with Crippen molar-refractivity contribution in [2.75, 3.05) is 5.75 Å². The Kier molecular flexibility index (Phi) is 3.85. The van der Waals surface area contributed by atoms with Crippen molar-refractivity contribution in [3.05, 3.63) is 53.4 Å². The van der Waals surface area contributed by atoms with Crippen LogP contribution in [0.2, 0.25) is 0 Å². The Bertz CT molecular complexity index is 502. The number of rotatable bonds is 4. The maximum Gasteiger partial charge on any atom is 0.139 e. The molecule has 0 radical (unpaired) electrons. The molecule has 2 N–H and O–H groups in total. The molecule has 0 spiro atoms. The zero-order chi connectivity index (χ0) is 12.1. The van der Waals surface area contributed by atoms with Gasteiger partial charge in [-0.15, -0.1) is 23.1 Å². The Morgan fingerprint density at radius 1 is 1.24 bits per heavy atom. The number of nitriles is 1. The van der Waals surface area contributed by atoms with Crippen LogP contribution in [0, 0.1) is 11.3 Å². The largest absolute Gasteiger partial charge is 0.309 e. The first-order valence-electron chi connectivity index (χ1n) is 5.16. The van der Waals surface area contributed by atoms with Gasteiger partial charge in [-0.05, 0) is 17.0 Å². The van der Waals surface area contributed by atoms with Gasteiger partial charge < -0.3 is 5.73 Å². The summed E-state index contributed by atoms with van der Waals surface area (Å²) < 4.78 is 1.19. The molecule has 86 valence electrons. The molecule has 0 bridgehead atoms. The summed E-state index contributed by atoms with van der Waals surface area (Å²) in [4.78, 5) is 0. The summed E-state index contributed by atoms with van der Waals surface area (Å²) in [5, 5.41) is 11.3. The molecule has 1 aromatic heterocycles. The summed E-state index contributed by atoms with van der Waals surface area (Å²) in [6.45, 7) is 0. The summed E-state index contributed by atoms with van der Waals surface area (Å²) in [5.41, 5.74) is 6.10. The number of nitrogens with zero attached hydrogens (tertiary/aromatic N) is 1. The van der Waals surface area contributed by atoms with Gasteiger partial charge in [-0.1, -0.05) is 36.4 Å². The van der Waals surface area contributed by atoms with Gasteiger partial charge in [0.15, 0.2) is 0 Å². The molecule has 2 rings (SSSR count). The van der Waals surface area contributed by atoms with E-state index >= 15 is 0 Å². The topological polar surface area (TPSA) is 49.8 Å². The van der Waals surface area contributed by atoms with Crippen LogP contribution in [0.1, 0.15) is 5.56 Å². The maximum absolute atomic E-state index is 9.28. The van der Waals surface area contributed by atoms with Crippen LogP contribution in [0.15, 0.2) is 52.1 Å². The molecule has 1 heterocycles. The number of hydrogen-bond acceptors (Lipinski definition) is 4. The monoisotopic (exact) mass is 260 g/mol. The number of benzene rings is 1. The van der Waals surface area contributed by atoms with Crippen LogP contribution in [0.3, 0.4) is 0 Å². The second-order valence-electron chi connectivity index (χ2n) is 3.67. The fraction of sp³-hybridized carbons (Fsp3) is 0.154. The molecule has 0 saturated carbocycles. The lowest BCUT2D eigenvalue weighted by Gasteiger charge is -2.21. The van der Waals surface area contributed by atoms with E-state index in [0.717, 1.165) is 5.56 Å². The van der Waals surface area contributed by atoms with Gasteiger partial charge in [0.05, 0.1) is 10.3 Å². The maximum atomic E-state index is 9.28. The van der Waals surface area contributed by atoms with Crippen LogP contribution in [-0.2, 0) is 5.54 Å². The second-order valence-corrected chi connectivity index (χ2v) is 5.89. The van der Waals surface area contributed by atoms with E-state index in [2.05, 4.69) is 6.07 Å². The third kappa shape index (κ3) is 2.89. The summed E-state index contributed by atoms with van der Waals surface area (Å²) in [7, 11) is 0. The van der Waals surface area contributed by atoms with E-state index in [-0.39, 0.29) is 0 Å². The highest BCUT2D eigenvalue weighted by molar-refractivity contribution is 8.01. The van der Waals surface area contributed by atoms with Crippen molar-refractivity contribution in [1.29, 1.82) is 5.26 Å². The van der Waals surface area contributed by atoms with E-state index in [4.69, 9.17) is 5.73 Å². The van der Waals surface area contributed by atoms with Gasteiger partial charge in [0.1, 0.15) is 5.54 Å². The first kappa shape index (κ1) is 12.2. The van der Waals surface area contributed by atoms with Crippen molar-refractivity contribution in [2.45, 2.75) is 9.75 Å². The van der Waals surface area contributed by atoms with E-state index < -0.39 is 5.54 Å². The lowest BCUT2D eigenvalue weighted by Crippen LogP contribution is -2.37. The summed E-state index contributed by atoms with van der Waals surface area (Å²) in [6, 6.07) is 15.8. The molecule has 0 aliphatic heterocycles. The summed E-state index contributed by atoms with van der Waals surface area (Å²) in [6.07, 6.45) is 0. The van der Waals surface area contributed by atoms with E-state index in [9.17, 15) is 5.26 Å². The highest BCUT2D eigenvalue weighted by atomic mass is 32.2. The number of thiophene rings is 1. The molecule has 0 aliphatic rings. The standard InChI is InChI=1S/C13H12N2S2/c14-9-13(15,11-5-2-1-3-6-11)10-17-12-7-4-8-16-12/h1-8H,10,15H2. The Morgan fingerprint density at radius 3 is 2.59 bits per heavy atom. The van der Waals surface area contributed by atoms with E-state index in [0.29, 0.717) is 5.75 Å². The van der Waals surface area contributed by atoms with Gasteiger partial charge in [-0.25, -0.2) is 0 Å². The van der Waals surface area contributed by atoms with Crippen molar-refractivity contribution in [1.82, 2.24) is 0 Å². The number of thioether (sulfide) groups is 1. The average molecular weight is 260 g/mol. The van der Waals surface area contributed by atoms with Crippen LogP contribution in [-0.4, -0.2) is 5.75 Å². The normalized spacial score (nSPS) is 13.9. The third-order valence-corrected chi connectivity index (χ3v) is 4.75. The highest BCUT2D eigenvalue weighted by Gasteiger charge is 2.27. The Labute approximate surface area is 109 Å². The van der Waals surface area contributed by atoms with E-state index in [1.54, 1.807) is 23.1 Å². The van der Waals surface area contributed by atoms with Crippen LogP contribution in [0.5, 0.6) is 0 Å². The fourth-order valence-electron chi connectivity index (χ4n) is 1.45. The zero-order valence-corrected chi connectivity index (χ0v) is 10.8. The third-order valence-electron chi connectivity index (χ3n) is 2.43. The van der Waals surface area contributed by atoms with Gasteiger partial charge in [0, 0.05) is 5.75 Å². The molecule has 17 heavy (non-hydrogen) atoms. The molecule has 0 saturated heterocycles. The molecule has 0 fully saturated rings. The first-order valence-corrected chi connectivity index (χ1v) is 7.03. The van der Waals surface area contributed by atoms with Gasteiger partial charge in [0.2, 0.25) is 0 Å². The molecule has 2 nitrogen and oxygen atoms in total. The quantitative estimate of drug-likeness (QED) is 0.859. The molecule has 0 aliphatic carbocycles. The van der Waals surface area contributed by atoms with Gasteiger partial charge >= 0.3 is 0 Å². The lowest BCUT2D eigenvalue weighted by molar-refractivity contribution is 0.659. The number of hydrogen-bond donors (Lipinski definition) is 1. The van der Waals surface area contributed by atoms with E-state index in [1.165, 1.54) is 4.21 Å². The molecular formula is C13H12N2S2. The minimum Gasteiger partial charge on any atom is -0.309 e. The average Bonchev–Trinajstić information content (AvgIpc) is 2.90. The Hall–Kier alpha value is -1.28. The first-order chi connectivity index (χ1) is 8.24. The van der Waals surface area contributed by atoms with Gasteiger partial charge in [0.25, 0.3) is 0 Å². The molecule has 4 heteroatoms. The van der Waals surface area contributed by atoms with Gasteiger partial charge in [-0.2, -0.15) is 5.26 Å². The van der Waals surface area contributed by atoms with Crippen LogP contribution < -0.4 is 5.73 Å². The van der Waals surface area contributed by atoms with Crippen molar-refractivity contribution < 1.29 is 0 Å². The molecule has 1 aromatic carbocycles. The molecule has 2 aromatic rings. The van der Waals surface area contributed by atoms with E-state index in [1.807, 2.05) is 47.8 Å². The Balaban J connectivity index is 2.13. The fourth-order valence-corrected chi connectivity index (χ4v) is 3.29. The predicted octanol–water partition coefficient (Wildman–Crippen LogP) is 3.22. The number of nitrogens with two attached hydrogens (primary N) is 1. The van der Waals surface area contributed by atoms with Crippen molar-refractivity contribution in [2.24, 2.45) is 5.73 Å². The molecule has 1 unspecified atom stereocenters. The molecular weight excluding hydrogens is 248 g/mol. The van der Waals surface area contributed by atoms with Crippen LogP contribution in [0.4, 0.5) is 0 Å². The SMILES string of the molecule is N#CC(N)(CSc1cccs1)c1ccccc1. The molecule has 0 amide bonds. The highest BCUT2D eigenvalue weighted by Crippen LogP contribution is 2.30. The van der Waals surface area contributed by atoms with Gasteiger partial charge in [-0.3, -0.25) is 0 Å². The smallest absolute Gasteiger partial charge is 0.139 e. The zero-order valence-electron chi connectivity index (χ0n) is 9.17. The summed E-state index contributed by atoms with van der Waals surface area (Å²) >= 11 is 3.29. The lowest BCUT2D eigenvalue weighted by atomic mass is 9.95. The van der Waals surface area contributed by atoms with Crippen molar-refractivity contribution in [3.8, 4) is 6.07 Å². The minimum absolute atomic E-state index is 0.564. The minimum atomic E-state index is -0.921. The predicted molar refractivity (Wildman–Crippen MR) is 73.0 cm³/mol. The Morgan fingerprint density at radius 2 is 2.00 bits per heavy atom. The summed E-state index contributed by atoms with van der Waals surface area (Å²) in [5.74, 6) is 0.564. The second kappa shape index (κ2) is 5.37. The van der Waals surface area contributed by atoms with Crippen LogP contribution >= 0.6 is 23.1 Å².